The highest BCUT2D eigenvalue weighted by Gasteiger charge is 2.36. The molecule has 54 heavy (non-hydrogen) atoms. The summed E-state index contributed by atoms with van der Waals surface area (Å²) >= 11 is 0. The van der Waals surface area contributed by atoms with Crippen molar-refractivity contribution in [2.24, 2.45) is 0 Å². The van der Waals surface area contributed by atoms with Gasteiger partial charge in [-0.05, 0) is 120 Å². The monoisotopic (exact) mass is 761 g/mol. The predicted molar refractivity (Wildman–Crippen MR) is 201 cm³/mol. The largest absolute Gasteiger partial charge is 0.467 e. The minimum atomic E-state index is -0.572. The molecule has 3 N–H and O–H groups in total. The SMILES string of the molecule is CC(C)(C)OC(=O)N1CCCCC1c1cc(N)n[nH]1.CC(C)(C)OC(=O)N1CCCC[C@H]1C(=O)CC#N.COC(=O)[C@@H]1CCCCN1C(=O)OC(C)(C)C. The number of nitrogens with one attached hydrogen (secondary N) is 1. The summed E-state index contributed by atoms with van der Waals surface area (Å²) in [5.74, 6) is -0.108. The van der Waals surface area contributed by atoms with Crippen LogP contribution in [0, 0.1) is 11.3 Å². The maximum atomic E-state index is 12.2. The molecule has 0 aliphatic carbocycles. The van der Waals surface area contributed by atoms with E-state index in [1.807, 2.05) is 47.6 Å². The maximum Gasteiger partial charge on any atom is 0.411 e. The van der Waals surface area contributed by atoms with E-state index in [0.29, 0.717) is 38.3 Å². The number of nitrogens with two attached hydrogens (primary N) is 1. The van der Waals surface area contributed by atoms with Crippen LogP contribution in [0.25, 0.3) is 0 Å². The van der Waals surface area contributed by atoms with Gasteiger partial charge in [0.1, 0.15) is 28.7 Å². The summed E-state index contributed by atoms with van der Waals surface area (Å²) in [6.07, 6.45) is 6.54. The first-order valence-corrected chi connectivity index (χ1v) is 18.8. The number of hydrogen-bond acceptors (Lipinski definition) is 12. The summed E-state index contributed by atoms with van der Waals surface area (Å²) < 4.78 is 20.7. The Kier molecular flexibility index (Phi) is 17.1. The molecular weight excluding hydrogens is 698 g/mol. The van der Waals surface area contributed by atoms with Gasteiger partial charge in [0, 0.05) is 25.7 Å². The molecular formula is C38H63N7O9. The van der Waals surface area contributed by atoms with E-state index in [2.05, 4.69) is 10.2 Å². The number of methoxy groups -OCH3 is 1. The van der Waals surface area contributed by atoms with Gasteiger partial charge in [-0.1, -0.05) is 0 Å². The molecule has 16 nitrogen and oxygen atoms in total. The van der Waals surface area contributed by atoms with Gasteiger partial charge in [0.05, 0.1) is 37.4 Å². The summed E-state index contributed by atoms with van der Waals surface area (Å²) in [6.45, 7) is 18.2. The second-order valence-corrected chi connectivity index (χ2v) is 16.6. The number of carbonyl (C=O) groups is 5. The van der Waals surface area contributed by atoms with Crippen LogP contribution in [0.5, 0.6) is 0 Å². The van der Waals surface area contributed by atoms with Crippen LogP contribution < -0.4 is 5.73 Å². The number of nitrogen functional groups attached to an aromatic ring is 1. The van der Waals surface area contributed by atoms with E-state index in [1.54, 1.807) is 31.7 Å². The Hall–Kier alpha value is -4.55. The number of H-pyrrole nitrogens is 1. The lowest BCUT2D eigenvalue weighted by molar-refractivity contribution is -0.148. The number of carbonyl (C=O) groups excluding carboxylic acids is 5. The molecule has 1 aromatic heterocycles. The number of anilines is 1. The minimum Gasteiger partial charge on any atom is -0.467 e. The fourth-order valence-corrected chi connectivity index (χ4v) is 6.17. The smallest absolute Gasteiger partial charge is 0.411 e. The van der Waals surface area contributed by atoms with Gasteiger partial charge >= 0.3 is 24.2 Å². The normalized spacial score (nSPS) is 20.5. The number of ketones is 1. The highest BCUT2D eigenvalue weighted by molar-refractivity contribution is 5.89. The third-order valence-corrected chi connectivity index (χ3v) is 8.47. The zero-order valence-corrected chi connectivity index (χ0v) is 34.0. The first-order valence-electron chi connectivity index (χ1n) is 18.8. The Balaban J connectivity index is 0.000000281. The first-order chi connectivity index (χ1) is 25.1. The average molecular weight is 762 g/mol. The molecule has 16 heteroatoms. The second-order valence-electron chi connectivity index (χ2n) is 16.6. The lowest BCUT2D eigenvalue weighted by atomic mass is 9.97. The molecule has 1 unspecified atom stereocenters. The van der Waals surface area contributed by atoms with E-state index in [0.717, 1.165) is 50.6 Å². The van der Waals surface area contributed by atoms with Crippen molar-refractivity contribution in [1.29, 1.82) is 5.26 Å². The Morgan fingerprint density at radius 1 is 0.741 bits per heavy atom. The van der Waals surface area contributed by atoms with Gasteiger partial charge in [0.25, 0.3) is 0 Å². The summed E-state index contributed by atoms with van der Waals surface area (Å²) in [4.78, 5) is 64.3. The van der Waals surface area contributed by atoms with Crippen LogP contribution in [0.3, 0.4) is 0 Å². The molecule has 0 radical (unpaired) electrons. The van der Waals surface area contributed by atoms with Crippen molar-refractivity contribution in [2.45, 2.75) is 161 Å². The molecule has 1 aromatic rings. The van der Waals surface area contributed by atoms with Gasteiger partial charge in [-0.15, -0.1) is 0 Å². The van der Waals surface area contributed by atoms with Crippen molar-refractivity contribution in [3.8, 4) is 6.07 Å². The molecule has 0 spiro atoms. The minimum absolute atomic E-state index is 0.0200. The van der Waals surface area contributed by atoms with E-state index >= 15 is 0 Å². The van der Waals surface area contributed by atoms with Crippen molar-refractivity contribution in [2.75, 3.05) is 32.5 Å². The lowest BCUT2D eigenvalue weighted by Crippen LogP contribution is -2.50. The van der Waals surface area contributed by atoms with Gasteiger partial charge in [0.2, 0.25) is 0 Å². The molecule has 4 rings (SSSR count). The molecule has 3 fully saturated rings. The van der Waals surface area contributed by atoms with Crippen molar-refractivity contribution < 1.29 is 42.9 Å². The number of piperidine rings is 3. The Labute approximate surface area is 320 Å². The quantitative estimate of drug-likeness (QED) is 0.244. The highest BCUT2D eigenvalue weighted by atomic mass is 16.6. The Morgan fingerprint density at radius 3 is 1.59 bits per heavy atom. The number of aromatic nitrogens is 2. The molecule has 3 saturated heterocycles. The summed E-state index contributed by atoms with van der Waals surface area (Å²) in [5, 5.41) is 15.4. The lowest BCUT2D eigenvalue weighted by Gasteiger charge is -2.36. The molecule has 0 saturated carbocycles. The molecule has 3 aliphatic rings. The number of Topliss-reactive ketones (excluding diaryl/α,β-unsaturated/α-hetero) is 1. The Morgan fingerprint density at radius 2 is 1.17 bits per heavy atom. The zero-order chi connectivity index (χ0) is 40.9. The standard InChI is InChI=1S/C13H22N4O2.C13H20N2O3.C12H21NO4/c1-13(2,3)19-12(18)17-7-5-4-6-10(17)9-8-11(14)16-15-9;1-13(2,3)18-12(17)15-9-5-4-6-10(15)11(16)7-8-14;1-12(2,3)17-11(15)13-8-6-5-7-9(13)10(14)16-4/h8,10H,4-7H2,1-3H3,(H3,14,15,16);10H,4-7,9H2,1-3H3;9H,5-8H2,1-4H3/t;10-;9-/m.00/s1. The Bertz CT molecular complexity index is 1450. The number of ether oxygens (including phenoxy) is 4. The fourth-order valence-electron chi connectivity index (χ4n) is 6.17. The van der Waals surface area contributed by atoms with Crippen LogP contribution in [-0.2, 0) is 28.5 Å². The molecule has 0 bridgehead atoms. The average Bonchev–Trinajstić information content (AvgIpc) is 3.52. The van der Waals surface area contributed by atoms with Crippen molar-refractivity contribution in [3.63, 3.8) is 0 Å². The van der Waals surface area contributed by atoms with E-state index < -0.39 is 41.1 Å². The van der Waals surface area contributed by atoms with Crippen molar-refractivity contribution in [1.82, 2.24) is 24.9 Å². The van der Waals surface area contributed by atoms with Gasteiger partial charge < -0.3 is 24.7 Å². The maximum absolute atomic E-state index is 12.2. The molecule has 0 aromatic carbocycles. The number of hydrogen-bond donors (Lipinski definition) is 2. The summed E-state index contributed by atoms with van der Waals surface area (Å²) in [5.41, 5.74) is 4.91. The van der Waals surface area contributed by atoms with E-state index in [1.165, 1.54) is 16.9 Å². The van der Waals surface area contributed by atoms with Crippen LogP contribution in [0.2, 0.25) is 0 Å². The molecule has 4 heterocycles. The topological polar surface area (TPSA) is 210 Å². The number of amides is 3. The van der Waals surface area contributed by atoms with Gasteiger partial charge in [0.15, 0.2) is 5.78 Å². The number of likely N-dealkylation sites (tertiary alicyclic amines) is 3. The summed E-state index contributed by atoms with van der Waals surface area (Å²) in [6, 6.07) is 2.62. The third kappa shape index (κ3) is 15.4. The number of esters is 1. The van der Waals surface area contributed by atoms with Crippen LogP contribution in [-0.4, -0.2) is 111 Å². The third-order valence-electron chi connectivity index (χ3n) is 8.47. The number of aromatic amines is 1. The molecule has 3 amide bonds. The zero-order valence-electron chi connectivity index (χ0n) is 34.0. The fraction of sp³-hybridized carbons (Fsp3) is 0.763. The second kappa shape index (κ2) is 20.2. The van der Waals surface area contributed by atoms with E-state index in [9.17, 15) is 24.0 Å². The molecule has 3 aliphatic heterocycles. The predicted octanol–water partition coefficient (Wildman–Crippen LogP) is 6.66. The van der Waals surface area contributed by atoms with Crippen LogP contribution in [0.4, 0.5) is 20.2 Å². The van der Waals surface area contributed by atoms with Gasteiger partial charge in [-0.3, -0.25) is 24.6 Å². The van der Waals surface area contributed by atoms with Crippen molar-refractivity contribution >= 4 is 35.9 Å². The van der Waals surface area contributed by atoms with E-state index in [4.69, 9.17) is 29.9 Å². The van der Waals surface area contributed by atoms with Crippen LogP contribution >= 0.6 is 0 Å². The van der Waals surface area contributed by atoms with Crippen LogP contribution in [0.1, 0.15) is 138 Å². The summed E-state index contributed by atoms with van der Waals surface area (Å²) in [7, 11) is 1.34. The number of nitrogens with zero attached hydrogens (tertiary/aromatic N) is 5. The van der Waals surface area contributed by atoms with Gasteiger partial charge in [-0.25, -0.2) is 19.2 Å². The molecule has 3 atom stereocenters. The first kappa shape index (κ1) is 45.6. The number of rotatable bonds is 4. The van der Waals surface area contributed by atoms with Crippen LogP contribution in [0.15, 0.2) is 6.07 Å². The number of nitriles is 1. The van der Waals surface area contributed by atoms with Crippen molar-refractivity contribution in [3.05, 3.63) is 11.8 Å². The highest BCUT2D eigenvalue weighted by Crippen LogP contribution is 2.32. The van der Waals surface area contributed by atoms with Gasteiger partial charge in [-0.2, -0.15) is 10.4 Å². The van der Waals surface area contributed by atoms with E-state index in [-0.39, 0.29) is 30.3 Å². The molecule has 304 valence electrons.